The molecule has 0 spiro atoms. The molecule has 1 aromatic carbocycles. The van der Waals surface area contributed by atoms with E-state index in [0.717, 1.165) is 0 Å². The largest absolute Gasteiger partial charge is 0.493 e. The number of carbonyl (C=O) groups excluding carboxylic acids is 3. The third-order valence-corrected chi connectivity index (χ3v) is 4.18. The minimum Gasteiger partial charge on any atom is -0.493 e. The average Bonchev–Trinajstić information content (AvgIpc) is 2.45. The standard InChI is InChI=1S/C16H17BrN2O5/c1-7-14(8(2)20)15(19-16(22)18-7)10-5-12(23-4)13(6-11(10)17)24-9(3)21/h5-6,15H,1-4H3,(H2,18,19,22). The van der Waals surface area contributed by atoms with Gasteiger partial charge in [-0.1, -0.05) is 15.9 Å². The van der Waals surface area contributed by atoms with E-state index in [1.54, 1.807) is 19.1 Å². The molecule has 1 aliphatic rings. The molecule has 0 radical (unpaired) electrons. The van der Waals surface area contributed by atoms with Crippen molar-refractivity contribution in [3.05, 3.63) is 33.4 Å². The van der Waals surface area contributed by atoms with Crippen molar-refractivity contribution in [1.82, 2.24) is 10.6 Å². The first-order chi connectivity index (χ1) is 11.2. The zero-order valence-corrected chi connectivity index (χ0v) is 15.2. The first-order valence-electron chi connectivity index (χ1n) is 7.09. The van der Waals surface area contributed by atoms with E-state index in [4.69, 9.17) is 9.47 Å². The van der Waals surface area contributed by atoms with E-state index in [1.165, 1.54) is 21.0 Å². The molecule has 0 fully saturated rings. The van der Waals surface area contributed by atoms with E-state index in [1.807, 2.05) is 0 Å². The summed E-state index contributed by atoms with van der Waals surface area (Å²) in [5.41, 5.74) is 1.55. The van der Waals surface area contributed by atoms with Crippen LogP contribution in [0.15, 0.2) is 27.9 Å². The molecule has 2 amide bonds. The molecule has 0 aliphatic carbocycles. The predicted octanol–water partition coefficient (Wildman–Crippen LogP) is 2.60. The molecule has 1 aliphatic heterocycles. The predicted molar refractivity (Wildman–Crippen MR) is 89.8 cm³/mol. The highest BCUT2D eigenvalue weighted by molar-refractivity contribution is 9.10. The first kappa shape index (κ1) is 18.0. The summed E-state index contributed by atoms with van der Waals surface area (Å²) >= 11 is 3.40. The third-order valence-electron chi connectivity index (χ3n) is 3.50. The SMILES string of the molecule is COc1cc(C2NC(=O)NC(C)=C2C(C)=O)c(Br)cc1OC(C)=O. The maximum atomic E-state index is 12.0. The summed E-state index contributed by atoms with van der Waals surface area (Å²) in [5, 5.41) is 5.31. The Labute approximate surface area is 147 Å². The van der Waals surface area contributed by atoms with Gasteiger partial charge in [-0.3, -0.25) is 9.59 Å². The molecule has 24 heavy (non-hydrogen) atoms. The van der Waals surface area contributed by atoms with Gasteiger partial charge in [0.1, 0.15) is 0 Å². The van der Waals surface area contributed by atoms with Gasteiger partial charge in [0.25, 0.3) is 0 Å². The molecular weight excluding hydrogens is 380 g/mol. The van der Waals surface area contributed by atoms with Crippen LogP contribution in [-0.4, -0.2) is 24.9 Å². The fourth-order valence-electron chi connectivity index (χ4n) is 2.56. The van der Waals surface area contributed by atoms with Crippen LogP contribution in [0.4, 0.5) is 4.79 Å². The van der Waals surface area contributed by atoms with Crippen molar-refractivity contribution < 1.29 is 23.9 Å². The summed E-state index contributed by atoms with van der Waals surface area (Å²) in [7, 11) is 1.44. The highest BCUT2D eigenvalue weighted by Gasteiger charge is 2.31. The van der Waals surface area contributed by atoms with Gasteiger partial charge in [-0.05, 0) is 31.5 Å². The fraction of sp³-hybridized carbons (Fsp3) is 0.312. The van der Waals surface area contributed by atoms with Crippen LogP contribution in [0.2, 0.25) is 0 Å². The van der Waals surface area contributed by atoms with Crippen LogP contribution >= 0.6 is 15.9 Å². The summed E-state index contributed by atoms with van der Waals surface area (Å²) in [6.45, 7) is 4.39. The number of urea groups is 1. The first-order valence-corrected chi connectivity index (χ1v) is 7.89. The van der Waals surface area contributed by atoms with Gasteiger partial charge in [0.15, 0.2) is 17.3 Å². The molecule has 2 N–H and O–H groups in total. The second-order valence-corrected chi connectivity index (χ2v) is 6.10. The Hall–Kier alpha value is -2.35. The summed E-state index contributed by atoms with van der Waals surface area (Å²) in [5.74, 6) is -0.0917. The van der Waals surface area contributed by atoms with Crippen molar-refractivity contribution in [2.24, 2.45) is 0 Å². The number of hydrogen-bond donors (Lipinski definition) is 2. The van der Waals surface area contributed by atoms with Crippen molar-refractivity contribution >= 4 is 33.7 Å². The monoisotopic (exact) mass is 396 g/mol. The van der Waals surface area contributed by atoms with Gasteiger partial charge in [0.05, 0.1) is 13.2 Å². The van der Waals surface area contributed by atoms with Crippen molar-refractivity contribution in [2.75, 3.05) is 7.11 Å². The lowest BCUT2D eigenvalue weighted by Crippen LogP contribution is -2.44. The molecule has 8 heteroatoms. The number of hydrogen-bond acceptors (Lipinski definition) is 5. The smallest absolute Gasteiger partial charge is 0.319 e. The number of rotatable bonds is 4. The molecule has 1 unspecified atom stereocenters. The van der Waals surface area contributed by atoms with Gasteiger partial charge in [-0.2, -0.15) is 0 Å². The topological polar surface area (TPSA) is 93.7 Å². The van der Waals surface area contributed by atoms with E-state index in [-0.39, 0.29) is 11.5 Å². The molecule has 128 valence electrons. The number of methoxy groups -OCH3 is 1. The molecule has 0 saturated heterocycles. The van der Waals surface area contributed by atoms with Gasteiger partial charge in [-0.25, -0.2) is 4.79 Å². The molecule has 1 atom stereocenters. The molecule has 0 aromatic heterocycles. The quantitative estimate of drug-likeness (QED) is 0.602. The van der Waals surface area contributed by atoms with E-state index < -0.39 is 18.0 Å². The van der Waals surface area contributed by atoms with Crippen molar-refractivity contribution in [3.8, 4) is 11.5 Å². The maximum absolute atomic E-state index is 12.0. The zero-order valence-electron chi connectivity index (χ0n) is 13.7. The Bertz CT molecular complexity index is 757. The Balaban J connectivity index is 2.58. The Morgan fingerprint density at radius 2 is 1.88 bits per heavy atom. The molecule has 1 heterocycles. The number of Topliss-reactive ketones (excluding diaryl/α,β-unsaturated/α-hetero) is 1. The molecule has 0 bridgehead atoms. The summed E-state index contributed by atoms with van der Waals surface area (Å²) < 4.78 is 10.9. The lowest BCUT2D eigenvalue weighted by molar-refractivity contribution is -0.132. The van der Waals surface area contributed by atoms with Crippen molar-refractivity contribution in [2.45, 2.75) is 26.8 Å². The Morgan fingerprint density at radius 1 is 1.21 bits per heavy atom. The molecule has 7 nitrogen and oxygen atoms in total. The van der Waals surface area contributed by atoms with Crippen LogP contribution in [-0.2, 0) is 9.59 Å². The number of halogens is 1. The number of allylic oxidation sites excluding steroid dienone is 1. The third kappa shape index (κ3) is 3.59. The normalized spacial score (nSPS) is 17.0. The summed E-state index contributed by atoms with van der Waals surface area (Å²) in [6.07, 6.45) is 0. The molecule has 1 aromatic rings. The van der Waals surface area contributed by atoms with E-state index in [2.05, 4.69) is 26.6 Å². The van der Waals surface area contributed by atoms with Crippen LogP contribution < -0.4 is 20.1 Å². The number of benzene rings is 1. The van der Waals surface area contributed by atoms with Crippen LogP contribution in [0.25, 0.3) is 0 Å². The number of ketones is 1. The second-order valence-electron chi connectivity index (χ2n) is 5.24. The van der Waals surface area contributed by atoms with Gasteiger partial charge in [0.2, 0.25) is 0 Å². The van der Waals surface area contributed by atoms with Crippen molar-refractivity contribution in [3.63, 3.8) is 0 Å². The molecule has 0 saturated carbocycles. The number of esters is 1. The fourth-order valence-corrected chi connectivity index (χ4v) is 3.11. The van der Waals surface area contributed by atoms with Gasteiger partial charge in [-0.15, -0.1) is 0 Å². The van der Waals surface area contributed by atoms with Crippen LogP contribution in [0.5, 0.6) is 11.5 Å². The average molecular weight is 397 g/mol. The van der Waals surface area contributed by atoms with Crippen molar-refractivity contribution in [1.29, 1.82) is 0 Å². The van der Waals surface area contributed by atoms with E-state index in [9.17, 15) is 14.4 Å². The molecule has 2 rings (SSSR count). The highest BCUT2D eigenvalue weighted by Crippen LogP contribution is 2.39. The number of carbonyl (C=O) groups is 3. The van der Waals surface area contributed by atoms with Crippen LogP contribution in [0.3, 0.4) is 0 Å². The molecular formula is C16H17BrN2O5. The van der Waals surface area contributed by atoms with E-state index in [0.29, 0.717) is 27.1 Å². The summed E-state index contributed by atoms with van der Waals surface area (Å²) in [4.78, 5) is 35.0. The number of amides is 2. The lowest BCUT2D eigenvalue weighted by Gasteiger charge is -2.29. The van der Waals surface area contributed by atoms with Gasteiger partial charge in [0, 0.05) is 22.7 Å². The lowest BCUT2D eigenvalue weighted by atomic mass is 9.93. The van der Waals surface area contributed by atoms with Crippen LogP contribution in [0.1, 0.15) is 32.4 Å². The highest BCUT2D eigenvalue weighted by atomic mass is 79.9. The number of ether oxygens (including phenoxy) is 2. The van der Waals surface area contributed by atoms with E-state index >= 15 is 0 Å². The Morgan fingerprint density at radius 3 is 2.42 bits per heavy atom. The Kier molecular flexibility index (Phi) is 5.28. The second kappa shape index (κ2) is 7.04. The van der Waals surface area contributed by atoms with Crippen LogP contribution in [0, 0.1) is 0 Å². The van der Waals surface area contributed by atoms with Gasteiger partial charge < -0.3 is 20.1 Å². The number of nitrogens with one attached hydrogen (secondary N) is 2. The zero-order chi connectivity index (χ0) is 18.0. The van der Waals surface area contributed by atoms with Gasteiger partial charge >= 0.3 is 12.0 Å². The minimum absolute atomic E-state index is 0.167. The minimum atomic E-state index is -0.647. The summed E-state index contributed by atoms with van der Waals surface area (Å²) in [6, 6.07) is 2.13. The maximum Gasteiger partial charge on any atom is 0.319 e.